The minimum atomic E-state index is -0.753. The number of hydrogen-bond acceptors (Lipinski definition) is 7. The molecule has 3 aromatic carbocycles. The molecule has 0 saturated carbocycles. The first-order valence-electron chi connectivity index (χ1n) is 15.5. The summed E-state index contributed by atoms with van der Waals surface area (Å²) in [5.74, 6) is 0.603. The largest absolute Gasteiger partial charge is 0.514 e. The molecule has 0 fully saturated rings. The van der Waals surface area contributed by atoms with Gasteiger partial charge in [-0.3, -0.25) is 9.59 Å². The number of unbranched alkanes of at least 4 members (excludes halogenated alkanes) is 1. The van der Waals surface area contributed by atoms with Crippen molar-refractivity contribution in [1.82, 2.24) is 14.5 Å². The van der Waals surface area contributed by atoms with Crippen LogP contribution in [0.3, 0.4) is 0 Å². The Morgan fingerprint density at radius 2 is 1.48 bits per heavy atom. The molecule has 5 aromatic rings. The fourth-order valence-electron chi connectivity index (χ4n) is 5.63. The molecule has 1 aliphatic heterocycles. The second-order valence-corrected chi connectivity index (χ2v) is 12.4. The van der Waals surface area contributed by atoms with E-state index >= 15 is 0 Å². The third-order valence-electron chi connectivity index (χ3n) is 7.83. The molecule has 1 aliphatic rings. The van der Waals surface area contributed by atoms with Gasteiger partial charge in [-0.25, -0.2) is 19.7 Å². The molecule has 0 radical (unpaired) electrons. The number of aryl methyl sites for hydroxylation is 2. The minimum absolute atomic E-state index is 0.353. The van der Waals surface area contributed by atoms with Crippen molar-refractivity contribution in [2.75, 3.05) is 4.90 Å². The van der Waals surface area contributed by atoms with Crippen LogP contribution in [0, 0.1) is 6.92 Å². The third kappa shape index (κ3) is 6.00. The normalized spacial score (nSPS) is 12.9. The molecule has 6 rings (SSSR count). The fraction of sp³-hybridized carbons (Fsp3) is 0.270. The number of amides is 2. The summed E-state index contributed by atoms with van der Waals surface area (Å²) in [6, 6.07) is 24.1. The maximum absolute atomic E-state index is 13.2. The lowest BCUT2D eigenvalue weighted by Gasteiger charge is -2.19. The summed E-state index contributed by atoms with van der Waals surface area (Å²) in [6.45, 7) is 9.86. The van der Waals surface area contributed by atoms with Gasteiger partial charge in [-0.15, -0.1) is 0 Å². The number of imide groups is 1. The summed E-state index contributed by atoms with van der Waals surface area (Å²) in [5.41, 5.74) is 5.17. The summed E-state index contributed by atoms with van der Waals surface area (Å²) < 4.78 is 13.0. The van der Waals surface area contributed by atoms with Gasteiger partial charge in [-0.1, -0.05) is 67.9 Å². The van der Waals surface area contributed by atoms with Crippen molar-refractivity contribution in [2.24, 2.45) is 0 Å². The van der Waals surface area contributed by atoms with Gasteiger partial charge in [0.1, 0.15) is 22.7 Å². The highest BCUT2D eigenvalue weighted by Crippen LogP contribution is 2.34. The summed E-state index contributed by atoms with van der Waals surface area (Å²) in [4.78, 5) is 49.9. The quantitative estimate of drug-likeness (QED) is 0.0991. The van der Waals surface area contributed by atoms with Crippen molar-refractivity contribution in [3.8, 4) is 16.9 Å². The predicted octanol–water partition coefficient (Wildman–Crippen LogP) is 7.91. The second-order valence-electron chi connectivity index (χ2n) is 12.4. The number of rotatable bonds is 8. The van der Waals surface area contributed by atoms with Gasteiger partial charge in [0, 0.05) is 12.0 Å². The molecule has 0 aliphatic carbocycles. The Morgan fingerprint density at radius 3 is 2.11 bits per heavy atom. The summed E-state index contributed by atoms with van der Waals surface area (Å²) >= 11 is 0. The van der Waals surface area contributed by atoms with Crippen LogP contribution in [0.2, 0.25) is 0 Å². The Labute approximate surface area is 267 Å². The SMILES string of the molecule is CCCCc1nc2cc(N3C(=O)c4ccccc4C3=O)c(C)nc2n1Cc1ccc(-c2ccccc2OC(=O)OC(C)(C)C)cc1. The molecular formula is C37H36N4O5. The van der Waals surface area contributed by atoms with Crippen molar-refractivity contribution in [3.05, 3.63) is 107 Å². The van der Waals surface area contributed by atoms with Gasteiger partial charge >= 0.3 is 6.16 Å². The molecule has 0 saturated heterocycles. The van der Waals surface area contributed by atoms with Crippen molar-refractivity contribution >= 4 is 34.8 Å². The first-order valence-corrected chi connectivity index (χ1v) is 15.5. The summed E-state index contributed by atoms with van der Waals surface area (Å²) in [7, 11) is 0. The molecule has 0 atom stereocenters. The first-order chi connectivity index (χ1) is 22.0. The number of carbonyl (C=O) groups excluding carboxylic acids is 3. The summed E-state index contributed by atoms with van der Waals surface area (Å²) in [6.07, 6.45) is 1.98. The average Bonchev–Trinajstić information content (AvgIpc) is 3.47. The first kappa shape index (κ1) is 30.7. The average molecular weight is 617 g/mol. The molecule has 46 heavy (non-hydrogen) atoms. The molecular weight excluding hydrogens is 580 g/mol. The third-order valence-corrected chi connectivity index (χ3v) is 7.83. The highest BCUT2D eigenvalue weighted by Gasteiger charge is 2.37. The molecule has 9 nitrogen and oxygen atoms in total. The topological polar surface area (TPSA) is 104 Å². The Bertz CT molecular complexity index is 1940. The van der Waals surface area contributed by atoms with Gasteiger partial charge in [0.05, 0.1) is 29.1 Å². The van der Waals surface area contributed by atoms with Crippen molar-refractivity contribution in [1.29, 1.82) is 0 Å². The second kappa shape index (κ2) is 12.2. The van der Waals surface area contributed by atoms with Crippen LogP contribution < -0.4 is 9.64 Å². The minimum Gasteiger partial charge on any atom is -0.428 e. The number of aromatic nitrogens is 3. The Morgan fingerprint density at radius 1 is 0.848 bits per heavy atom. The molecule has 0 bridgehead atoms. The zero-order chi connectivity index (χ0) is 32.6. The van der Waals surface area contributed by atoms with E-state index in [1.807, 2.05) is 49.4 Å². The van der Waals surface area contributed by atoms with E-state index in [4.69, 9.17) is 19.4 Å². The number of benzene rings is 3. The number of anilines is 1. The van der Waals surface area contributed by atoms with Crippen molar-refractivity contribution in [3.63, 3.8) is 0 Å². The van der Waals surface area contributed by atoms with E-state index in [1.165, 1.54) is 4.90 Å². The number of hydrogen-bond donors (Lipinski definition) is 0. The van der Waals surface area contributed by atoms with Gasteiger partial charge in [-0.05, 0) is 69.5 Å². The standard InChI is InChI=1S/C37H36N4O5/c1-6-7-16-32-39-29-21-30(41-34(42)27-13-8-9-14-28(27)35(41)43)23(2)38-33(29)40(32)22-24-17-19-25(20-18-24)26-12-10-11-15-31(26)45-36(44)46-37(3,4)5/h8-15,17-21H,6-7,16,22H2,1-5H3. The molecule has 2 amide bonds. The lowest BCUT2D eigenvalue weighted by Crippen LogP contribution is -2.30. The fourth-order valence-corrected chi connectivity index (χ4v) is 5.63. The van der Waals surface area contributed by atoms with Gasteiger partial charge in [-0.2, -0.15) is 0 Å². The highest BCUT2D eigenvalue weighted by atomic mass is 16.7. The number of fused-ring (bicyclic) bond motifs is 2. The van der Waals surface area contributed by atoms with Crippen LogP contribution in [0.15, 0.2) is 78.9 Å². The number of pyridine rings is 1. The molecule has 0 N–H and O–H groups in total. The van der Waals surface area contributed by atoms with E-state index in [1.54, 1.807) is 57.2 Å². The lowest BCUT2D eigenvalue weighted by molar-refractivity contribution is 0.0207. The molecule has 234 valence electrons. The number of carbonyl (C=O) groups is 3. The molecule has 2 aromatic heterocycles. The Balaban J connectivity index is 1.30. The zero-order valence-corrected chi connectivity index (χ0v) is 26.7. The van der Waals surface area contributed by atoms with E-state index in [9.17, 15) is 14.4 Å². The van der Waals surface area contributed by atoms with Crippen LogP contribution in [0.4, 0.5) is 10.5 Å². The van der Waals surface area contributed by atoms with Gasteiger partial charge < -0.3 is 14.0 Å². The van der Waals surface area contributed by atoms with E-state index < -0.39 is 11.8 Å². The number of nitrogens with zero attached hydrogens (tertiary/aromatic N) is 4. The highest BCUT2D eigenvalue weighted by molar-refractivity contribution is 6.34. The monoisotopic (exact) mass is 616 g/mol. The van der Waals surface area contributed by atoms with E-state index in [-0.39, 0.29) is 11.8 Å². The van der Waals surface area contributed by atoms with E-state index in [0.29, 0.717) is 46.0 Å². The molecule has 9 heteroatoms. The van der Waals surface area contributed by atoms with Gasteiger partial charge in [0.15, 0.2) is 5.65 Å². The van der Waals surface area contributed by atoms with E-state index in [2.05, 4.69) is 11.5 Å². The van der Waals surface area contributed by atoms with E-state index in [0.717, 1.165) is 41.8 Å². The Hall–Kier alpha value is -5.31. The van der Waals surface area contributed by atoms with Crippen LogP contribution in [0.25, 0.3) is 22.3 Å². The number of imidazole rings is 1. The number of ether oxygens (including phenoxy) is 2. The smallest absolute Gasteiger partial charge is 0.428 e. The maximum atomic E-state index is 13.2. The van der Waals surface area contributed by atoms with Crippen LogP contribution in [-0.4, -0.2) is 38.1 Å². The zero-order valence-electron chi connectivity index (χ0n) is 26.7. The summed E-state index contributed by atoms with van der Waals surface area (Å²) in [5, 5.41) is 0. The lowest BCUT2D eigenvalue weighted by atomic mass is 10.0. The van der Waals surface area contributed by atoms with Crippen molar-refractivity contribution < 1.29 is 23.9 Å². The van der Waals surface area contributed by atoms with Crippen LogP contribution in [0.1, 0.15) is 78.3 Å². The van der Waals surface area contributed by atoms with Crippen molar-refractivity contribution in [2.45, 2.75) is 66.0 Å². The van der Waals surface area contributed by atoms with Gasteiger partial charge in [0.2, 0.25) is 0 Å². The van der Waals surface area contributed by atoms with Gasteiger partial charge in [0.25, 0.3) is 11.8 Å². The Kier molecular flexibility index (Phi) is 8.17. The van der Waals surface area contributed by atoms with Crippen LogP contribution >= 0.6 is 0 Å². The van der Waals surface area contributed by atoms with Crippen LogP contribution in [0.5, 0.6) is 5.75 Å². The maximum Gasteiger partial charge on any atom is 0.514 e. The molecule has 0 unspecified atom stereocenters. The predicted molar refractivity (Wildman–Crippen MR) is 176 cm³/mol. The van der Waals surface area contributed by atoms with Crippen LogP contribution in [-0.2, 0) is 17.7 Å². The number of para-hydroxylation sites is 1. The molecule has 3 heterocycles. The molecule has 0 spiro atoms.